The molecule has 3 aromatic rings. The lowest BCUT2D eigenvalue weighted by molar-refractivity contribution is 0.104. The standard InChI is InChI=1S/C17H13N3O/c18-14-6-2-1-5-13(14)17(21)10-9-12-11-19-15-7-3-4-8-16(15)20-12/h1-11H,18H2/b10-9+. The molecular formula is C17H13N3O. The number of nitrogens with zero attached hydrogens (tertiary/aromatic N) is 2. The lowest BCUT2D eigenvalue weighted by Gasteiger charge is -2.00. The van der Waals surface area contributed by atoms with Crippen LogP contribution >= 0.6 is 0 Å². The molecule has 0 bridgehead atoms. The van der Waals surface area contributed by atoms with Crippen molar-refractivity contribution >= 4 is 28.6 Å². The molecule has 1 aromatic heterocycles. The second kappa shape index (κ2) is 5.54. The Bertz CT molecular complexity index is 840. The van der Waals surface area contributed by atoms with Gasteiger partial charge in [0.15, 0.2) is 5.78 Å². The van der Waals surface area contributed by atoms with Gasteiger partial charge in [-0.05, 0) is 36.4 Å². The third-order valence-corrected chi connectivity index (χ3v) is 3.10. The first-order chi connectivity index (χ1) is 10.2. The molecule has 1 heterocycles. The zero-order valence-electron chi connectivity index (χ0n) is 11.2. The molecule has 0 aliphatic rings. The first-order valence-electron chi connectivity index (χ1n) is 6.53. The van der Waals surface area contributed by atoms with Gasteiger partial charge in [0.25, 0.3) is 0 Å². The highest BCUT2D eigenvalue weighted by atomic mass is 16.1. The lowest BCUT2D eigenvalue weighted by Crippen LogP contribution is -2.00. The molecule has 0 fully saturated rings. The fraction of sp³-hybridized carbons (Fsp3) is 0. The average molecular weight is 275 g/mol. The summed E-state index contributed by atoms with van der Waals surface area (Å²) in [6.45, 7) is 0. The Labute approximate surface area is 122 Å². The van der Waals surface area contributed by atoms with Crippen molar-refractivity contribution in [3.05, 3.63) is 72.1 Å². The Morgan fingerprint density at radius 2 is 1.71 bits per heavy atom. The summed E-state index contributed by atoms with van der Waals surface area (Å²) in [6, 6.07) is 14.6. The third-order valence-electron chi connectivity index (χ3n) is 3.10. The Morgan fingerprint density at radius 1 is 1.00 bits per heavy atom. The maximum Gasteiger partial charge on any atom is 0.187 e. The summed E-state index contributed by atoms with van der Waals surface area (Å²) in [4.78, 5) is 20.8. The molecule has 2 aromatic carbocycles. The van der Waals surface area contributed by atoms with E-state index in [0.717, 1.165) is 11.0 Å². The van der Waals surface area contributed by atoms with Gasteiger partial charge >= 0.3 is 0 Å². The highest BCUT2D eigenvalue weighted by Crippen LogP contribution is 2.13. The van der Waals surface area contributed by atoms with Crippen LogP contribution in [0.25, 0.3) is 17.1 Å². The van der Waals surface area contributed by atoms with Crippen molar-refractivity contribution in [3.63, 3.8) is 0 Å². The quantitative estimate of drug-likeness (QED) is 0.453. The van der Waals surface area contributed by atoms with Gasteiger partial charge in [0.1, 0.15) is 0 Å². The minimum atomic E-state index is -0.150. The number of benzene rings is 2. The third kappa shape index (κ3) is 2.79. The maximum atomic E-state index is 12.1. The van der Waals surface area contributed by atoms with Gasteiger partial charge in [0.05, 0.1) is 22.9 Å². The number of fused-ring (bicyclic) bond motifs is 1. The number of anilines is 1. The number of allylic oxidation sites excluding steroid dienone is 1. The Balaban J connectivity index is 1.87. The first kappa shape index (κ1) is 13.0. The van der Waals surface area contributed by atoms with Gasteiger partial charge in [0.2, 0.25) is 0 Å². The van der Waals surface area contributed by atoms with E-state index in [2.05, 4.69) is 9.97 Å². The fourth-order valence-corrected chi connectivity index (χ4v) is 2.02. The SMILES string of the molecule is Nc1ccccc1C(=O)/C=C/c1cnc2ccccc2n1. The van der Waals surface area contributed by atoms with Crippen molar-refractivity contribution in [1.82, 2.24) is 9.97 Å². The molecule has 102 valence electrons. The van der Waals surface area contributed by atoms with E-state index in [1.807, 2.05) is 24.3 Å². The summed E-state index contributed by atoms with van der Waals surface area (Å²) >= 11 is 0. The largest absolute Gasteiger partial charge is 0.398 e. The Kier molecular flexibility index (Phi) is 3.43. The van der Waals surface area contributed by atoms with Crippen LogP contribution in [0.1, 0.15) is 16.1 Å². The number of nitrogen functional groups attached to an aromatic ring is 1. The number of carbonyl (C=O) groups excluding carboxylic acids is 1. The number of ketones is 1. The summed E-state index contributed by atoms with van der Waals surface area (Å²) in [5, 5.41) is 0. The molecule has 4 nitrogen and oxygen atoms in total. The number of nitrogens with two attached hydrogens (primary N) is 1. The van der Waals surface area contributed by atoms with Crippen LogP contribution in [0.3, 0.4) is 0 Å². The van der Waals surface area contributed by atoms with Crippen LogP contribution in [0.2, 0.25) is 0 Å². The van der Waals surface area contributed by atoms with Crippen LogP contribution in [0.4, 0.5) is 5.69 Å². The zero-order valence-corrected chi connectivity index (χ0v) is 11.2. The monoisotopic (exact) mass is 275 g/mol. The van der Waals surface area contributed by atoms with E-state index in [1.165, 1.54) is 6.08 Å². The summed E-state index contributed by atoms with van der Waals surface area (Å²) < 4.78 is 0. The number of carbonyl (C=O) groups is 1. The van der Waals surface area contributed by atoms with Crippen LogP contribution in [0.5, 0.6) is 0 Å². The first-order valence-corrected chi connectivity index (χ1v) is 6.53. The fourth-order valence-electron chi connectivity index (χ4n) is 2.02. The second-order valence-corrected chi connectivity index (χ2v) is 4.57. The van der Waals surface area contributed by atoms with E-state index in [4.69, 9.17) is 5.73 Å². The molecule has 0 saturated heterocycles. The molecule has 3 rings (SSSR count). The van der Waals surface area contributed by atoms with Crippen LogP contribution in [-0.2, 0) is 0 Å². The van der Waals surface area contributed by atoms with Gasteiger partial charge in [-0.1, -0.05) is 24.3 Å². The van der Waals surface area contributed by atoms with E-state index in [1.54, 1.807) is 36.5 Å². The number of hydrogen-bond donors (Lipinski definition) is 1. The maximum absolute atomic E-state index is 12.1. The van der Waals surface area contributed by atoms with Gasteiger partial charge < -0.3 is 5.73 Å². The molecule has 4 heteroatoms. The van der Waals surface area contributed by atoms with Crippen LogP contribution in [-0.4, -0.2) is 15.8 Å². The lowest BCUT2D eigenvalue weighted by atomic mass is 10.1. The van der Waals surface area contributed by atoms with Gasteiger partial charge in [-0.2, -0.15) is 0 Å². The van der Waals surface area contributed by atoms with Crippen LogP contribution in [0, 0.1) is 0 Å². The topological polar surface area (TPSA) is 68.9 Å². The molecule has 0 radical (unpaired) electrons. The summed E-state index contributed by atoms with van der Waals surface area (Å²) in [5.41, 5.74) is 9.00. The number of para-hydroxylation sites is 3. The van der Waals surface area contributed by atoms with Crippen molar-refractivity contribution < 1.29 is 4.79 Å². The molecule has 21 heavy (non-hydrogen) atoms. The van der Waals surface area contributed by atoms with Gasteiger partial charge in [-0.25, -0.2) is 4.98 Å². The zero-order chi connectivity index (χ0) is 14.7. The average Bonchev–Trinajstić information content (AvgIpc) is 2.53. The van der Waals surface area contributed by atoms with E-state index >= 15 is 0 Å². The van der Waals surface area contributed by atoms with E-state index < -0.39 is 0 Å². The van der Waals surface area contributed by atoms with E-state index in [-0.39, 0.29) is 5.78 Å². The minimum Gasteiger partial charge on any atom is -0.398 e. The van der Waals surface area contributed by atoms with Crippen LogP contribution in [0.15, 0.2) is 60.8 Å². The highest BCUT2D eigenvalue weighted by molar-refractivity contribution is 6.09. The molecule has 0 spiro atoms. The van der Waals surface area contributed by atoms with Crippen molar-refractivity contribution in [2.75, 3.05) is 5.73 Å². The van der Waals surface area contributed by atoms with Crippen molar-refractivity contribution in [2.45, 2.75) is 0 Å². The minimum absolute atomic E-state index is 0.150. The molecule has 0 atom stereocenters. The molecule has 0 aliphatic carbocycles. The smallest absolute Gasteiger partial charge is 0.187 e. The molecule has 0 aliphatic heterocycles. The van der Waals surface area contributed by atoms with E-state index in [9.17, 15) is 4.79 Å². The molecule has 0 unspecified atom stereocenters. The van der Waals surface area contributed by atoms with Crippen molar-refractivity contribution in [3.8, 4) is 0 Å². The van der Waals surface area contributed by atoms with Gasteiger partial charge in [0, 0.05) is 11.3 Å². The van der Waals surface area contributed by atoms with Crippen molar-refractivity contribution in [1.29, 1.82) is 0 Å². The number of hydrogen-bond acceptors (Lipinski definition) is 4. The predicted molar refractivity (Wildman–Crippen MR) is 83.8 cm³/mol. The summed E-state index contributed by atoms with van der Waals surface area (Å²) in [7, 11) is 0. The van der Waals surface area contributed by atoms with Gasteiger partial charge in [-0.3, -0.25) is 9.78 Å². The summed E-state index contributed by atoms with van der Waals surface area (Å²) in [5.74, 6) is -0.150. The normalized spacial score (nSPS) is 11.0. The highest BCUT2D eigenvalue weighted by Gasteiger charge is 2.05. The molecule has 2 N–H and O–H groups in total. The van der Waals surface area contributed by atoms with Crippen molar-refractivity contribution in [2.24, 2.45) is 0 Å². The van der Waals surface area contributed by atoms with Gasteiger partial charge in [-0.15, -0.1) is 0 Å². The number of rotatable bonds is 3. The molecular weight excluding hydrogens is 262 g/mol. The Morgan fingerprint density at radius 3 is 2.52 bits per heavy atom. The molecule has 0 amide bonds. The number of aromatic nitrogens is 2. The predicted octanol–water partition coefficient (Wildman–Crippen LogP) is 3.11. The van der Waals surface area contributed by atoms with E-state index in [0.29, 0.717) is 16.9 Å². The van der Waals surface area contributed by atoms with Crippen LogP contribution < -0.4 is 5.73 Å². The molecule has 0 saturated carbocycles. The summed E-state index contributed by atoms with van der Waals surface area (Å²) in [6.07, 6.45) is 4.75. The Hall–Kier alpha value is -3.01. The second-order valence-electron chi connectivity index (χ2n) is 4.57.